The molecular weight excluding hydrogens is 1010 g/mol. The van der Waals surface area contributed by atoms with Gasteiger partial charge < -0.3 is 13.6 Å². The molecule has 83 heavy (non-hydrogen) atoms. The summed E-state index contributed by atoms with van der Waals surface area (Å²) in [5.74, 6) is 0.600. The number of fused-ring (bicyclic) bond motifs is 9. The van der Waals surface area contributed by atoms with Crippen LogP contribution in [0, 0.1) is 11.3 Å². The van der Waals surface area contributed by atoms with Crippen LogP contribution in [-0.4, -0.2) is 19.1 Å². The molecule has 4 aromatic heterocycles. The van der Waals surface area contributed by atoms with Crippen LogP contribution in [0.1, 0.15) is 5.56 Å². The Balaban J connectivity index is 1.04. The number of furan rings is 1. The van der Waals surface area contributed by atoms with Crippen molar-refractivity contribution >= 4 is 65.6 Å². The van der Waals surface area contributed by atoms with E-state index in [1.165, 1.54) is 0 Å². The fourth-order valence-electron chi connectivity index (χ4n) is 12.5. The average Bonchev–Trinajstić information content (AvgIpc) is 2.04. The van der Waals surface area contributed by atoms with Crippen molar-refractivity contribution in [3.63, 3.8) is 0 Å². The van der Waals surface area contributed by atoms with Gasteiger partial charge in [0.05, 0.1) is 55.8 Å². The van der Waals surface area contributed by atoms with Crippen LogP contribution in [-0.2, 0) is 0 Å². The summed E-state index contributed by atoms with van der Waals surface area (Å²) in [6.07, 6.45) is 0. The second-order valence-electron chi connectivity index (χ2n) is 21.1. The SMILES string of the molecule is N#Cc1c(-n2c3ccc(-c4ccccc4)cc3c3cc(-c4ccccc4)ccc32)cc(-n2c3ccc(-c4ccccc4)cc3c3cc(-c4ccccc4)ccc32)c2oc3c(-c4cc(-c5ccccc5)nc(-c5ccccc5)n4)cccc3c12. The summed E-state index contributed by atoms with van der Waals surface area (Å²) in [6.45, 7) is 0. The van der Waals surface area contributed by atoms with Crippen molar-refractivity contribution < 1.29 is 4.42 Å². The van der Waals surface area contributed by atoms with Crippen molar-refractivity contribution in [2.45, 2.75) is 0 Å². The first kappa shape index (κ1) is 47.6. The van der Waals surface area contributed by atoms with Crippen molar-refractivity contribution in [1.82, 2.24) is 19.1 Å². The Labute approximate surface area is 478 Å². The maximum Gasteiger partial charge on any atom is 0.160 e. The smallest absolute Gasteiger partial charge is 0.160 e. The Morgan fingerprint density at radius 2 is 0.687 bits per heavy atom. The van der Waals surface area contributed by atoms with Crippen LogP contribution >= 0.6 is 0 Å². The predicted octanol–water partition coefficient (Wildman–Crippen LogP) is 20.1. The Hall–Kier alpha value is -11.4. The zero-order valence-electron chi connectivity index (χ0n) is 44.8. The van der Waals surface area contributed by atoms with Gasteiger partial charge in [0.1, 0.15) is 11.7 Å². The van der Waals surface area contributed by atoms with Crippen LogP contribution in [0.2, 0.25) is 0 Å². The largest absolute Gasteiger partial charge is 0.453 e. The van der Waals surface area contributed by atoms with Gasteiger partial charge in [0, 0.05) is 43.6 Å². The predicted molar refractivity (Wildman–Crippen MR) is 341 cm³/mol. The fraction of sp³-hybridized carbons (Fsp3) is 0. The van der Waals surface area contributed by atoms with Gasteiger partial charge in [-0.25, -0.2) is 9.97 Å². The molecule has 386 valence electrons. The summed E-state index contributed by atoms with van der Waals surface area (Å²) in [4.78, 5) is 10.5. The summed E-state index contributed by atoms with van der Waals surface area (Å²) in [6, 6.07) is 103. The Morgan fingerprint density at radius 3 is 1.11 bits per heavy atom. The number of nitriles is 1. The summed E-state index contributed by atoms with van der Waals surface area (Å²) in [7, 11) is 0. The standard InChI is InChI=1S/C77H47N5O/c78-48-65-72(81-68-38-34-55(49-20-7-1-8-21-49)42-61(68)62-43-56(35-39-69(62)81)50-22-9-2-10-23-50)47-73(82-70-40-36-57(51-24-11-3-12-25-51)44-63(70)64-45-58(37-41-71(64)82)52-26-13-4-14-27-52)76-74(65)60-33-19-32-59(75(60)83-76)67-46-66(53-28-15-5-16-29-53)79-77(80-67)54-30-17-6-18-31-54/h1-47H. The third kappa shape index (κ3) is 7.94. The molecule has 0 unspecified atom stereocenters. The van der Waals surface area contributed by atoms with E-state index in [4.69, 9.17) is 14.4 Å². The molecule has 0 atom stereocenters. The Morgan fingerprint density at radius 1 is 0.301 bits per heavy atom. The molecule has 0 amide bonds. The number of hydrogen-bond acceptors (Lipinski definition) is 4. The summed E-state index contributed by atoms with van der Waals surface area (Å²) < 4.78 is 12.2. The van der Waals surface area contributed by atoms with Gasteiger partial charge in [-0.2, -0.15) is 5.26 Å². The van der Waals surface area contributed by atoms with Crippen LogP contribution in [0.15, 0.2) is 290 Å². The third-order valence-electron chi connectivity index (χ3n) is 16.4. The van der Waals surface area contributed by atoms with E-state index in [0.29, 0.717) is 33.6 Å². The van der Waals surface area contributed by atoms with E-state index < -0.39 is 0 Å². The first-order chi connectivity index (χ1) is 41.1. The molecule has 0 spiro atoms. The monoisotopic (exact) mass is 1060 g/mol. The highest BCUT2D eigenvalue weighted by Crippen LogP contribution is 2.47. The number of benzene rings is 12. The van der Waals surface area contributed by atoms with Crippen LogP contribution in [0.25, 0.3) is 155 Å². The number of hydrogen-bond donors (Lipinski definition) is 0. The second-order valence-corrected chi connectivity index (χ2v) is 21.1. The molecule has 6 heteroatoms. The van der Waals surface area contributed by atoms with Crippen LogP contribution < -0.4 is 0 Å². The highest BCUT2D eigenvalue weighted by molar-refractivity contribution is 6.19. The molecule has 0 radical (unpaired) electrons. The number of para-hydroxylation sites is 1. The molecule has 0 aliphatic rings. The highest BCUT2D eigenvalue weighted by Gasteiger charge is 2.28. The van der Waals surface area contributed by atoms with E-state index in [1.54, 1.807) is 0 Å². The zero-order valence-corrected chi connectivity index (χ0v) is 44.8. The topological polar surface area (TPSA) is 72.6 Å². The van der Waals surface area contributed by atoms with Gasteiger partial charge >= 0.3 is 0 Å². The minimum atomic E-state index is 0.494. The minimum absolute atomic E-state index is 0.494. The molecule has 16 aromatic rings. The van der Waals surface area contributed by atoms with Crippen molar-refractivity contribution in [3.8, 4) is 95.9 Å². The molecule has 4 heterocycles. The van der Waals surface area contributed by atoms with Crippen molar-refractivity contribution in [2.75, 3.05) is 0 Å². The number of aromatic nitrogens is 4. The van der Waals surface area contributed by atoms with Gasteiger partial charge in [-0.15, -0.1) is 0 Å². The normalized spacial score (nSPS) is 11.6. The lowest BCUT2D eigenvalue weighted by Gasteiger charge is -2.16. The molecule has 0 fully saturated rings. The van der Waals surface area contributed by atoms with E-state index in [-0.39, 0.29) is 0 Å². The summed E-state index contributed by atoms with van der Waals surface area (Å²) >= 11 is 0. The lowest BCUT2D eigenvalue weighted by atomic mass is 10.00. The Kier molecular flexibility index (Phi) is 11.2. The number of nitrogens with zero attached hydrogens (tertiary/aromatic N) is 5. The van der Waals surface area contributed by atoms with Crippen molar-refractivity contribution in [2.24, 2.45) is 0 Å². The average molecular weight is 1060 g/mol. The first-order valence-electron chi connectivity index (χ1n) is 27.9. The van der Waals surface area contributed by atoms with Gasteiger partial charge in [-0.3, -0.25) is 0 Å². The van der Waals surface area contributed by atoms with Crippen LogP contribution in [0.4, 0.5) is 0 Å². The van der Waals surface area contributed by atoms with Gasteiger partial charge in [-0.1, -0.05) is 218 Å². The van der Waals surface area contributed by atoms with Crippen molar-refractivity contribution in [3.05, 3.63) is 291 Å². The van der Waals surface area contributed by atoms with E-state index in [0.717, 1.165) is 127 Å². The van der Waals surface area contributed by atoms with Gasteiger partial charge in [0.2, 0.25) is 0 Å². The molecule has 6 nitrogen and oxygen atoms in total. The van der Waals surface area contributed by atoms with E-state index >= 15 is 0 Å². The molecule has 16 rings (SSSR count). The van der Waals surface area contributed by atoms with E-state index in [2.05, 4.69) is 246 Å². The molecule has 0 bridgehead atoms. The molecule has 0 aliphatic heterocycles. The lowest BCUT2D eigenvalue weighted by molar-refractivity contribution is 0.667. The second kappa shape index (κ2) is 19.5. The van der Waals surface area contributed by atoms with Crippen LogP contribution in [0.5, 0.6) is 0 Å². The van der Waals surface area contributed by atoms with Gasteiger partial charge in [0.25, 0.3) is 0 Å². The Bertz CT molecular complexity index is 4980. The maximum absolute atomic E-state index is 12.0. The summed E-state index contributed by atoms with van der Waals surface area (Å²) in [5, 5.41) is 17.9. The summed E-state index contributed by atoms with van der Waals surface area (Å²) in [5.41, 5.74) is 20.3. The molecule has 0 saturated heterocycles. The van der Waals surface area contributed by atoms with Crippen molar-refractivity contribution in [1.29, 1.82) is 5.26 Å². The zero-order chi connectivity index (χ0) is 55.0. The van der Waals surface area contributed by atoms with Gasteiger partial charge in [0.15, 0.2) is 11.4 Å². The molecule has 12 aromatic carbocycles. The van der Waals surface area contributed by atoms with E-state index in [1.807, 2.05) is 54.6 Å². The molecule has 0 aliphatic carbocycles. The number of rotatable bonds is 9. The highest BCUT2D eigenvalue weighted by atomic mass is 16.3. The quantitative estimate of drug-likeness (QED) is 0.144. The van der Waals surface area contributed by atoms with Crippen LogP contribution in [0.3, 0.4) is 0 Å². The minimum Gasteiger partial charge on any atom is -0.453 e. The van der Waals surface area contributed by atoms with E-state index in [9.17, 15) is 5.26 Å². The maximum atomic E-state index is 12.0. The molecule has 0 saturated carbocycles. The lowest BCUT2D eigenvalue weighted by Crippen LogP contribution is -2.03. The molecule has 0 N–H and O–H groups in total. The third-order valence-corrected chi connectivity index (χ3v) is 16.4. The molecular formula is C77H47N5O. The first-order valence-corrected chi connectivity index (χ1v) is 27.9. The van der Waals surface area contributed by atoms with Gasteiger partial charge in [-0.05, 0) is 111 Å². The fourth-order valence-corrected chi connectivity index (χ4v) is 12.5.